The second kappa shape index (κ2) is 3.32. The Balaban J connectivity index is 2.55. The number of rotatable bonds is 2. The first kappa shape index (κ1) is 9.05. The summed E-state index contributed by atoms with van der Waals surface area (Å²) >= 11 is 0. The number of hydrogen-bond donors (Lipinski definition) is 0. The molecule has 0 bridgehead atoms. The van der Waals surface area contributed by atoms with E-state index in [0.29, 0.717) is 11.7 Å². The molecule has 0 radical (unpaired) electrons. The van der Waals surface area contributed by atoms with E-state index in [2.05, 4.69) is 34.4 Å². The van der Waals surface area contributed by atoms with Crippen LogP contribution in [0.4, 0.5) is 0 Å². The van der Waals surface area contributed by atoms with Crippen LogP contribution in [0.15, 0.2) is 6.07 Å². The van der Waals surface area contributed by atoms with Crippen molar-refractivity contribution >= 4 is 5.78 Å². The molecule has 0 unspecified atom stereocenters. The zero-order valence-corrected chi connectivity index (χ0v) is 8.60. The lowest BCUT2D eigenvalue weighted by Gasteiger charge is -2.06. The normalized spacial score (nSPS) is 11.4. The summed E-state index contributed by atoms with van der Waals surface area (Å²) in [5.74, 6) is 1.17. The van der Waals surface area contributed by atoms with Gasteiger partial charge in [-0.15, -0.1) is 0 Å². The van der Waals surface area contributed by atoms with Gasteiger partial charge in [0.25, 0.3) is 5.78 Å². The predicted octanol–water partition coefficient (Wildman–Crippen LogP) is 1.03. The Hall–Kier alpha value is -1.52. The van der Waals surface area contributed by atoms with Crippen LogP contribution in [0.1, 0.15) is 25.2 Å². The molecule has 14 heavy (non-hydrogen) atoms. The molecule has 0 spiro atoms. The van der Waals surface area contributed by atoms with E-state index >= 15 is 0 Å². The Kier molecular flexibility index (Phi) is 2.15. The second-order valence-electron chi connectivity index (χ2n) is 3.88. The molecule has 0 saturated heterocycles. The van der Waals surface area contributed by atoms with Crippen molar-refractivity contribution in [3.05, 3.63) is 17.5 Å². The number of aromatic nitrogens is 5. The standard InChI is InChI=1S/C9H13N5/c1-6(2)4-8-5-7(3)10-9-11-12-13-14(8)9/h5-6H,4H2,1-3H3. The number of nitrogens with zero attached hydrogens (tertiary/aromatic N) is 5. The quantitative estimate of drug-likeness (QED) is 0.711. The van der Waals surface area contributed by atoms with E-state index in [0.717, 1.165) is 17.8 Å². The third-order valence-corrected chi connectivity index (χ3v) is 1.99. The SMILES string of the molecule is Cc1cc(CC(C)C)n2nnnc2n1. The number of hydrogen-bond acceptors (Lipinski definition) is 4. The van der Waals surface area contributed by atoms with Crippen LogP contribution < -0.4 is 0 Å². The van der Waals surface area contributed by atoms with Gasteiger partial charge < -0.3 is 0 Å². The summed E-state index contributed by atoms with van der Waals surface area (Å²) in [7, 11) is 0. The Morgan fingerprint density at radius 3 is 2.93 bits per heavy atom. The molecule has 0 saturated carbocycles. The highest BCUT2D eigenvalue weighted by molar-refractivity contribution is 5.28. The van der Waals surface area contributed by atoms with Crippen molar-refractivity contribution in [1.82, 2.24) is 25.0 Å². The van der Waals surface area contributed by atoms with Gasteiger partial charge in [-0.3, -0.25) is 0 Å². The summed E-state index contributed by atoms with van der Waals surface area (Å²) in [5.41, 5.74) is 2.08. The van der Waals surface area contributed by atoms with Crippen LogP contribution >= 0.6 is 0 Å². The Morgan fingerprint density at radius 2 is 2.21 bits per heavy atom. The third-order valence-electron chi connectivity index (χ3n) is 1.99. The molecule has 0 atom stereocenters. The fourth-order valence-electron chi connectivity index (χ4n) is 1.49. The third kappa shape index (κ3) is 1.57. The zero-order chi connectivity index (χ0) is 10.1. The molecule has 5 nitrogen and oxygen atoms in total. The fourth-order valence-corrected chi connectivity index (χ4v) is 1.49. The molecule has 0 fully saturated rings. The highest BCUT2D eigenvalue weighted by Crippen LogP contribution is 2.09. The highest BCUT2D eigenvalue weighted by atomic mass is 15.5. The van der Waals surface area contributed by atoms with Crippen molar-refractivity contribution < 1.29 is 0 Å². The summed E-state index contributed by atoms with van der Waals surface area (Å²) in [6.07, 6.45) is 0.963. The maximum atomic E-state index is 4.23. The molecule has 0 aliphatic carbocycles. The van der Waals surface area contributed by atoms with Crippen LogP contribution in [-0.4, -0.2) is 25.0 Å². The van der Waals surface area contributed by atoms with Gasteiger partial charge in [-0.2, -0.15) is 4.52 Å². The lowest BCUT2D eigenvalue weighted by molar-refractivity contribution is 0.613. The van der Waals surface area contributed by atoms with E-state index in [1.807, 2.05) is 13.0 Å². The first-order chi connectivity index (χ1) is 6.66. The van der Waals surface area contributed by atoms with Crippen molar-refractivity contribution in [3.8, 4) is 0 Å². The molecule has 0 amide bonds. The van der Waals surface area contributed by atoms with Gasteiger partial charge in [-0.25, -0.2) is 4.98 Å². The predicted molar refractivity (Wildman–Crippen MR) is 51.9 cm³/mol. The second-order valence-corrected chi connectivity index (χ2v) is 3.88. The molecule has 0 N–H and O–H groups in total. The molecule has 2 aromatic heterocycles. The number of aryl methyl sites for hydroxylation is 1. The van der Waals surface area contributed by atoms with Gasteiger partial charge in [0.05, 0.1) is 0 Å². The van der Waals surface area contributed by atoms with Gasteiger partial charge in [0.1, 0.15) is 0 Å². The van der Waals surface area contributed by atoms with Gasteiger partial charge >= 0.3 is 0 Å². The van der Waals surface area contributed by atoms with E-state index in [1.165, 1.54) is 0 Å². The van der Waals surface area contributed by atoms with Gasteiger partial charge in [-0.05, 0) is 35.8 Å². The van der Waals surface area contributed by atoms with Crippen LogP contribution in [0.25, 0.3) is 5.78 Å². The monoisotopic (exact) mass is 191 g/mol. The van der Waals surface area contributed by atoms with Crippen LogP contribution in [0.2, 0.25) is 0 Å². The lowest BCUT2D eigenvalue weighted by atomic mass is 10.1. The molecule has 2 heterocycles. The largest absolute Gasteiger partial charge is 0.273 e. The topological polar surface area (TPSA) is 56.0 Å². The fraction of sp³-hybridized carbons (Fsp3) is 0.556. The minimum absolute atomic E-state index is 0.584. The summed E-state index contributed by atoms with van der Waals surface area (Å²) in [6.45, 7) is 6.30. The van der Waals surface area contributed by atoms with Crippen LogP contribution in [0.5, 0.6) is 0 Å². The molecule has 0 aliphatic heterocycles. The molecule has 0 aromatic carbocycles. The highest BCUT2D eigenvalue weighted by Gasteiger charge is 2.07. The summed E-state index contributed by atoms with van der Waals surface area (Å²) in [6, 6.07) is 2.03. The molecular weight excluding hydrogens is 178 g/mol. The van der Waals surface area contributed by atoms with Gasteiger partial charge in [0.2, 0.25) is 0 Å². The van der Waals surface area contributed by atoms with Gasteiger partial charge in [-0.1, -0.05) is 18.9 Å². The van der Waals surface area contributed by atoms with Gasteiger partial charge in [0.15, 0.2) is 0 Å². The molecule has 0 aliphatic rings. The minimum atomic E-state index is 0.584. The average Bonchev–Trinajstić information content (AvgIpc) is 2.50. The number of fused-ring (bicyclic) bond motifs is 1. The van der Waals surface area contributed by atoms with E-state index in [-0.39, 0.29) is 0 Å². The maximum Gasteiger partial charge on any atom is 0.273 e. The average molecular weight is 191 g/mol. The Bertz CT molecular complexity index is 445. The first-order valence-corrected chi connectivity index (χ1v) is 4.71. The van der Waals surface area contributed by atoms with Crippen LogP contribution in [0.3, 0.4) is 0 Å². The molecule has 74 valence electrons. The maximum absolute atomic E-state index is 4.23. The summed E-state index contributed by atoms with van der Waals surface area (Å²) < 4.78 is 1.70. The minimum Gasteiger partial charge on any atom is -0.215 e. The van der Waals surface area contributed by atoms with E-state index < -0.39 is 0 Å². The summed E-state index contributed by atoms with van der Waals surface area (Å²) in [5, 5.41) is 11.4. The van der Waals surface area contributed by atoms with E-state index in [1.54, 1.807) is 4.52 Å². The smallest absolute Gasteiger partial charge is 0.215 e. The van der Waals surface area contributed by atoms with Crippen molar-refractivity contribution in [2.75, 3.05) is 0 Å². The summed E-state index contributed by atoms with van der Waals surface area (Å²) in [4.78, 5) is 4.23. The zero-order valence-electron chi connectivity index (χ0n) is 8.60. The van der Waals surface area contributed by atoms with Crippen molar-refractivity contribution in [2.24, 2.45) is 5.92 Å². The molecule has 2 aromatic rings. The lowest BCUT2D eigenvalue weighted by Crippen LogP contribution is -2.05. The van der Waals surface area contributed by atoms with Crippen LogP contribution in [0, 0.1) is 12.8 Å². The first-order valence-electron chi connectivity index (χ1n) is 4.71. The number of tetrazole rings is 1. The van der Waals surface area contributed by atoms with Crippen molar-refractivity contribution in [3.63, 3.8) is 0 Å². The molecular formula is C9H13N5. The van der Waals surface area contributed by atoms with Crippen molar-refractivity contribution in [2.45, 2.75) is 27.2 Å². The Morgan fingerprint density at radius 1 is 1.43 bits per heavy atom. The van der Waals surface area contributed by atoms with Crippen LogP contribution in [-0.2, 0) is 6.42 Å². The molecule has 2 rings (SSSR count). The molecule has 5 heteroatoms. The van der Waals surface area contributed by atoms with E-state index in [9.17, 15) is 0 Å². The Labute approximate surface area is 82.2 Å². The van der Waals surface area contributed by atoms with Gasteiger partial charge in [0, 0.05) is 11.4 Å². The van der Waals surface area contributed by atoms with E-state index in [4.69, 9.17) is 0 Å². The van der Waals surface area contributed by atoms with Crippen molar-refractivity contribution in [1.29, 1.82) is 0 Å².